The first kappa shape index (κ1) is 22.6. The summed E-state index contributed by atoms with van der Waals surface area (Å²) in [4.78, 5) is 10.2. The molecule has 28 heavy (non-hydrogen) atoms. The van der Waals surface area contributed by atoms with Crippen LogP contribution in [0.1, 0.15) is 24.5 Å². The van der Waals surface area contributed by atoms with E-state index in [1.807, 2.05) is 67.6 Å². The third-order valence-electron chi connectivity index (χ3n) is 4.07. The Morgan fingerprint density at radius 2 is 1.61 bits per heavy atom. The molecule has 0 saturated carbocycles. The van der Waals surface area contributed by atoms with Crippen molar-refractivity contribution in [3.63, 3.8) is 0 Å². The van der Waals surface area contributed by atoms with E-state index in [0.29, 0.717) is 13.0 Å². The van der Waals surface area contributed by atoms with E-state index < -0.39 is 14.7 Å². The second-order valence-corrected chi connectivity index (χ2v) is 11.2. The van der Waals surface area contributed by atoms with E-state index >= 15 is 0 Å². The van der Waals surface area contributed by atoms with Crippen molar-refractivity contribution in [2.24, 2.45) is 0 Å². The Labute approximate surface area is 167 Å². The predicted octanol–water partition coefficient (Wildman–Crippen LogP) is 6.39. The maximum atomic E-state index is 13.1. The summed E-state index contributed by atoms with van der Waals surface area (Å²) in [5.41, 5.74) is 1.95. The van der Waals surface area contributed by atoms with Crippen molar-refractivity contribution < 1.29 is 18.5 Å². The van der Waals surface area contributed by atoms with Crippen LogP contribution in [-0.2, 0) is 20.1 Å². The van der Waals surface area contributed by atoms with Crippen LogP contribution in [0.25, 0.3) is 6.08 Å². The van der Waals surface area contributed by atoms with E-state index in [2.05, 4.69) is 0 Å². The molecule has 0 amide bonds. The fourth-order valence-electron chi connectivity index (χ4n) is 2.53. The van der Waals surface area contributed by atoms with Crippen molar-refractivity contribution in [1.29, 1.82) is 0 Å². The Morgan fingerprint density at radius 1 is 0.964 bits per heavy atom. The van der Waals surface area contributed by atoms with Gasteiger partial charge in [-0.25, -0.2) is 0 Å². The largest absolute Gasteiger partial charge is 0.341 e. The van der Waals surface area contributed by atoms with Gasteiger partial charge in [0.25, 0.3) is 0 Å². The lowest BCUT2D eigenvalue weighted by Crippen LogP contribution is -1.95. The van der Waals surface area contributed by atoms with Crippen LogP contribution in [-0.4, -0.2) is 23.8 Å². The van der Waals surface area contributed by atoms with Gasteiger partial charge in [0.2, 0.25) is 14.7 Å². The average molecular weight is 418 g/mol. The van der Waals surface area contributed by atoms with Crippen LogP contribution < -0.4 is 0 Å². The van der Waals surface area contributed by atoms with Gasteiger partial charge in [-0.2, -0.15) is 0 Å². The van der Waals surface area contributed by atoms with E-state index in [9.17, 15) is 14.0 Å². The highest BCUT2D eigenvalue weighted by atomic mass is 31.2. The Bertz CT molecular complexity index is 861. The van der Waals surface area contributed by atoms with Gasteiger partial charge >= 0.3 is 0 Å². The van der Waals surface area contributed by atoms with E-state index in [1.165, 1.54) is 11.9 Å². The van der Waals surface area contributed by atoms with E-state index in [4.69, 9.17) is 4.52 Å². The summed E-state index contributed by atoms with van der Waals surface area (Å²) in [6, 6.07) is 19.2. The lowest BCUT2D eigenvalue weighted by molar-refractivity contribution is 0.321. The molecule has 0 fully saturated rings. The second-order valence-electron chi connectivity index (χ2n) is 6.57. The molecule has 0 spiro atoms. The summed E-state index contributed by atoms with van der Waals surface area (Å²) in [6.45, 7) is 2.33. The number of aryl methyl sites for hydroxylation is 1. The Balaban J connectivity index is 1.99. The smallest absolute Gasteiger partial charge is 0.228 e. The first-order valence-corrected chi connectivity index (χ1v) is 13.2. The zero-order valence-electron chi connectivity index (χ0n) is 16.2. The zero-order valence-corrected chi connectivity index (χ0v) is 18.0. The first-order chi connectivity index (χ1) is 13.4. The number of hydrogen-bond donors (Lipinski definition) is 1. The van der Waals surface area contributed by atoms with Gasteiger partial charge in [-0.1, -0.05) is 73.7 Å². The number of allylic oxidation sites excluding steroid dienone is 1. The molecular formula is C22H28O4P2. The van der Waals surface area contributed by atoms with Crippen molar-refractivity contribution in [3.05, 3.63) is 89.5 Å². The molecule has 1 N–H and O–H groups in total. The molecule has 2 unspecified atom stereocenters. The molecule has 2 rings (SSSR count). The van der Waals surface area contributed by atoms with Crippen LogP contribution in [0.2, 0.25) is 0 Å². The molecule has 0 aliphatic rings. The van der Waals surface area contributed by atoms with Crippen LogP contribution in [0.3, 0.4) is 0 Å². The maximum absolute atomic E-state index is 13.1. The Hall–Kier alpha value is -1.70. The number of rotatable bonds is 11. The summed E-state index contributed by atoms with van der Waals surface area (Å²) in [6.07, 6.45) is 4.84. The molecule has 2 aromatic rings. The molecule has 0 aliphatic heterocycles. The van der Waals surface area contributed by atoms with Gasteiger partial charge in [0, 0.05) is 18.1 Å². The molecule has 4 nitrogen and oxygen atoms in total. The van der Waals surface area contributed by atoms with Crippen LogP contribution in [0, 0.1) is 0 Å². The first-order valence-electron chi connectivity index (χ1n) is 9.43. The fourth-order valence-corrected chi connectivity index (χ4v) is 5.47. The molecule has 0 saturated heterocycles. The van der Waals surface area contributed by atoms with Gasteiger partial charge in [0.1, 0.15) is 0 Å². The normalized spacial score (nSPS) is 16.2. The van der Waals surface area contributed by atoms with E-state index in [-0.39, 0.29) is 12.3 Å². The standard InChI is InChI=1S/C22H28O4P2/c1-2-16-26-28(25,20-15-22-12-7-4-8-13-22)18-9-17-27(23,24)19-14-21-10-5-3-6-11-21/h3-13,15,17,20H,2,14,16,18-19H2,1H3,(H,23,24). The molecule has 0 heterocycles. The van der Waals surface area contributed by atoms with Gasteiger partial charge < -0.3 is 9.42 Å². The van der Waals surface area contributed by atoms with Crippen molar-refractivity contribution >= 4 is 20.8 Å². The van der Waals surface area contributed by atoms with Crippen LogP contribution in [0.15, 0.2) is 78.4 Å². The van der Waals surface area contributed by atoms with Crippen molar-refractivity contribution in [2.45, 2.75) is 19.8 Å². The summed E-state index contributed by atoms with van der Waals surface area (Å²) in [5, 5.41) is 0. The van der Waals surface area contributed by atoms with E-state index in [0.717, 1.165) is 17.5 Å². The Morgan fingerprint density at radius 3 is 2.25 bits per heavy atom. The number of hydrogen-bond acceptors (Lipinski definition) is 3. The van der Waals surface area contributed by atoms with Crippen LogP contribution in [0.5, 0.6) is 0 Å². The van der Waals surface area contributed by atoms with Gasteiger partial charge in [-0.3, -0.25) is 9.13 Å². The molecular weight excluding hydrogens is 390 g/mol. The summed E-state index contributed by atoms with van der Waals surface area (Å²) < 4.78 is 31.1. The van der Waals surface area contributed by atoms with E-state index in [1.54, 1.807) is 11.9 Å². The molecule has 2 aromatic carbocycles. The lowest BCUT2D eigenvalue weighted by Gasteiger charge is -2.13. The number of benzene rings is 2. The predicted molar refractivity (Wildman–Crippen MR) is 118 cm³/mol. The minimum absolute atomic E-state index is 0.103. The van der Waals surface area contributed by atoms with Gasteiger partial charge in [-0.15, -0.1) is 0 Å². The molecule has 0 radical (unpaired) electrons. The van der Waals surface area contributed by atoms with Gasteiger partial charge in [-0.05, 0) is 35.9 Å². The Kier molecular flexibility index (Phi) is 9.15. The molecule has 0 bridgehead atoms. The lowest BCUT2D eigenvalue weighted by atomic mass is 10.2. The highest BCUT2D eigenvalue weighted by Gasteiger charge is 2.19. The van der Waals surface area contributed by atoms with Crippen molar-refractivity contribution in [2.75, 3.05) is 18.9 Å². The molecule has 0 aliphatic carbocycles. The van der Waals surface area contributed by atoms with Gasteiger partial charge in [0.05, 0.1) is 6.61 Å². The highest BCUT2D eigenvalue weighted by molar-refractivity contribution is 7.63. The molecule has 150 valence electrons. The molecule has 0 aromatic heterocycles. The van der Waals surface area contributed by atoms with Crippen molar-refractivity contribution in [1.82, 2.24) is 0 Å². The minimum atomic E-state index is -3.43. The highest BCUT2D eigenvalue weighted by Crippen LogP contribution is 2.50. The van der Waals surface area contributed by atoms with Crippen LogP contribution in [0.4, 0.5) is 0 Å². The minimum Gasteiger partial charge on any atom is -0.341 e. The molecule has 2 atom stereocenters. The summed E-state index contributed by atoms with van der Waals surface area (Å²) in [7, 11) is -6.49. The topological polar surface area (TPSA) is 63.6 Å². The maximum Gasteiger partial charge on any atom is 0.228 e. The second kappa shape index (κ2) is 11.3. The SMILES string of the molecule is CCCOP(=O)(C=Cc1ccccc1)CC=CP(=O)(O)CCc1ccccc1. The monoisotopic (exact) mass is 418 g/mol. The molecule has 6 heteroatoms. The average Bonchev–Trinajstić information content (AvgIpc) is 2.71. The quantitative estimate of drug-likeness (QED) is 0.430. The van der Waals surface area contributed by atoms with Gasteiger partial charge in [0.15, 0.2) is 0 Å². The summed E-state index contributed by atoms with van der Waals surface area (Å²) in [5.74, 6) is 2.89. The zero-order chi connectivity index (χ0) is 20.3. The van der Waals surface area contributed by atoms with Crippen LogP contribution >= 0.6 is 14.7 Å². The van der Waals surface area contributed by atoms with Crippen molar-refractivity contribution in [3.8, 4) is 0 Å². The third-order valence-corrected chi connectivity index (χ3v) is 7.55. The fraction of sp³-hybridized carbons (Fsp3) is 0.273. The summed E-state index contributed by atoms with van der Waals surface area (Å²) >= 11 is 0. The third kappa shape index (κ3) is 8.54.